The summed E-state index contributed by atoms with van der Waals surface area (Å²) < 4.78 is 23.6. The molecule has 4 rings (SSSR count). The first-order chi connectivity index (χ1) is 15.4. The molecule has 1 aliphatic carbocycles. The van der Waals surface area contributed by atoms with Gasteiger partial charge in [-0.3, -0.25) is 9.59 Å². The average Bonchev–Trinajstić information content (AvgIpc) is 3.32. The summed E-state index contributed by atoms with van der Waals surface area (Å²) in [5.74, 6) is -4.28. The van der Waals surface area contributed by atoms with Crippen LogP contribution in [0.3, 0.4) is 0 Å². The second kappa shape index (κ2) is 8.70. The Morgan fingerprint density at radius 1 is 1.12 bits per heavy atom. The first kappa shape index (κ1) is 22.0. The fourth-order valence-corrected chi connectivity index (χ4v) is 5.44. The molecule has 2 aromatic rings. The molecule has 0 saturated heterocycles. The Bertz CT molecular complexity index is 1130. The molecule has 0 unspecified atom stereocenters. The molecular weight excluding hydrogens is 433 g/mol. The summed E-state index contributed by atoms with van der Waals surface area (Å²) in [6.07, 6.45) is 0.394. The zero-order valence-corrected chi connectivity index (χ0v) is 18.6. The smallest absolute Gasteiger partial charge is 0.336 e. The third-order valence-electron chi connectivity index (χ3n) is 5.99. The number of esters is 2. The standard InChI is InChI=1S/C24H22FNO5S/c1-12-18(23(28)30-2)19(13-6-8-14(25)9-7-13)21-16(26-12)11-15(17-5-4-10-32-17)20(22(21)27)24(29)31-3/h4-10,15,19-20,26H,11H2,1-3H3/t15-,19+,20-/m1/s1. The second-order valence-electron chi connectivity index (χ2n) is 7.72. The second-order valence-corrected chi connectivity index (χ2v) is 8.70. The number of nitrogens with one attached hydrogen (secondary N) is 1. The molecule has 0 radical (unpaired) electrons. The van der Waals surface area contributed by atoms with E-state index in [-0.39, 0.29) is 11.5 Å². The number of ether oxygens (including phenoxy) is 2. The van der Waals surface area contributed by atoms with Gasteiger partial charge in [0.25, 0.3) is 0 Å². The van der Waals surface area contributed by atoms with E-state index in [1.807, 2.05) is 17.5 Å². The van der Waals surface area contributed by atoms with Crippen LogP contribution < -0.4 is 5.32 Å². The van der Waals surface area contributed by atoms with E-state index in [0.29, 0.717) is 29.0 Å². The number of hydrogen-bond acceptors (Lipinski definition) is 7. The molecule has 3 atom stereocenters. The maximum Gasteiger partial charge on any atom is 0.336 e. The zero-order chi connectivity index (χ0) is 23.0. The lowest BCUT2D eigenvalue weighted by molar-refractivity contribution is -0.149. The van der Waals surface area contributed by atoms with Crippen LogP contribution in [-0.4, -0.2) is 31.9 Å². The van der Waals surface area contributed by atoms with Crippen molar-refractivity contribution < 1.29 is 28.2 Å². The Kier molecular flexibility index (Phi) is 5.97. The summed E-state index contributed by atoms with van der Waals surface area (Å²) in [5.41, 5.74) is 2.33. The fourth-order valence-electron chi connectivity index (χ4n) is 4.57. The van der Waals surface area contributed by atoms with Crippen molar-refractivity contribution in [1.29, 1.82) is 0 Å². The number of hydrogen-bond donors (Lipinski definition) is 1. The number of methoxy groups -OCH3 is 2. The van der Waals surface area contributed by atoms with Crippen molar-refractivity contribution in [2.75, 3.05) is 14.2 Å². The molecule has 0 amide bonds. The maximum absolute atomic E-state index is 13.8. The first-order valence-electron chi connectivity index (χ1n) is 10.1. The molecule has 1 aliphatic heterocycles. The van der Waals surface area contributed by atoms with Crippen molar-refractivity contribution in [2.45, 2.75) is 25.2 Å². The summed E-state index contributed by atoms with van der Waals surface area (Å²) in [6, 6.07) is 9.41. The van der Waals surface area contributed by atoms with E-state index in [1.165, 1.54) is 49.8 Å². The van der Waals surface area contributed by atoms with Crippen LogP contribution in [0.2, 0.25) is 0 Å². The van der Waals surface area contributed by atoms with Gasteiger partial charge in [0.05, 0.1) is 19.8 Å². The highest BCUT2D eigenvalue weighted by Crippen LogP contribution is 2.48. The van der Waals surface area contributed by atoms with Crippen molar-refractivity contribution in [1.82, 2.24) is 5.32 Å². The van der Waals surface area contributed by atoms with E-state index in [9.17, 15) is 18.8 Å². The van der Waals surface area contributed by atoms with Gasteiger partial charge < -0.3 is 14.8 Å². The number of ketones is 1. The Morgan fingerprint density at radius 3 is 2.44 bits per heavy atom. The number of Topliss-reactive ketones (excluding diaryl/α,β-unsaturated/α-hetero) is 1. The van der Waals surface area contributed by atoms with Gasteiger partial charge in [0.1, 0.15) is 11.7 Å². The van der Waals surface area contributed by atoms with Crippen LogP contribution in [0.5, 0.6) is 0 Å². The molecule has 0 saturated carbocycles. The van der Waals surface area contributed by atoms with Crippen LogP contribution in [0, 0.1) is 11.7 Å². The number of carbonyl (C=O) groups is 3. The number of dihydropyridines is 1. The SMILES string of the molecule is COC(=O)C1=C(C)NC2=C(C(=O)[C@H](C(=O)OC)[C@@H](c3cccs3)C2)[C@H]1c1ccc(F)cc1. The van der Waals surface area contributed by atoms with E-state index in [2.05, 4.69) is 5.32 Å². The minimum absolute atomic E-state index is 0.254. The molecule has 32 heavy (non-hydrogen) atoms. The summed E-state index contributed by atoms with van der Waals surface area (Å²) in [6.45, 7) is 1.74. The normalized spacial score (nSPS) is 22.9. The Balaban J connectivity index is 1.90. The average molecular weight is 456 g/mol. The lowest BCUT2D eigenvalue weighted by Gasteiger charge is -2.39. The molecule has 1 aromatic heterocycles. The molecule has 1 aromatic carbocycles. The summed E-state index contributed by atoms with van der Waals surface area (Å²) >= 11 is 1.47. The van der Waals surface area contributed by atoms with Crippen molar-refractivity contribution in [3.63, 3.8) is 0 Å². The van der Waals surface area contributed by atoms with E-state index in [4.69, 9.17) is 9.47 Å². The first-order valence-corrected chi connectivity index (χ1v) is 10.9. The van der Waals surface area contributed by atoms with E-state index in [1.54, 1.807) is 6.92 Å². The van der Waals surface area contributed by atoms with Crippen LogP contribution in [0.15, 0.2) is 64.3 Å². The van der Waals surface area contributed by atoms with Crippen molar-refractivity contribution in [3.8, 4) is 0 Å². The van der Waals surface area contributed by atoms with Gasteiger partial charge >= 0.3 is 11.9 Å². The molecule has 1 N–H and O–H groups in total. The molecule has 166 valence electrons. The number of benzene rings is 1. The Morgan fingerprint density at radius 2 is 1.84 bits per heavy atom. The van der Waals surface area contributed by atoms with Crippen LogP contribution in [0.25, 0.3) is 0 Å². The predicted molar refractivity (Wildman–Crippen MR) is 116 cm³/mol. The van der Waals surface area contributed by atoms with E-state index >= 15 is 0 Å². The van der Waals surface area contributed by atoms with Gasteiger partial charge in [-0.25, -0.2) is 9.18 Å². The highest BCUT2D eigenvalue weighted by atomic mass is 32.1. The van der Waals surface area contributed by atoms with Gasteiger partial charge in [-0.2, -0.15) is 0 Å². The molecule has 0 fully saturated rings. The van der Waals surface area contributed by atoms with Gasteiger partial charge in [0.2, 0.25) is 0 Å². The molecule has 0 bridgehead atoms. The zero-order valence-electron chi connectivity index (χ0n) is 17.8. The lowest BCUT2D eigenvalue weighted by Crippen LogP contribution is -2.43. The van der Waals surface area contributed by atoms with Crippen LogP contribution in [0.4, 0.5) is 4.39 Å². The topological polar surface area (TPSA) is 81.7 Å². The molecule has 8 heteroatoms. The monoisotopic (exact) mass is 455 g/mol. The van der Waals surface area contributed by atoms with Crippen molar-refractivity contribution in [2.24, 2.45) is 5.92 Å². The summed E-state index contributed by atoms with van der Waals surface area (Å²) in [7, 11) is 2.52. The van der Waals surface area contributed by atoms with Gasteiger partial charge in [-0.15, -0.1) is 11.3 Å². The molecule has 0 spiro atoms. The minimum Gasteiger partial charge on any atom is -0.468 e. The van der Waals surface area contributed by atoms with E-state index < -0.39 is 35.4 Å². The van der Waals surface area contributed by atoms with E-state index in [0.717, 1.165) is 4.88 Å². The van der Waals surface area contributed by atoms with Gasteiger partial charge in [0, 0.05) is 33.7 Å². The number of halogens is 1. The molecule has 2 heterocycles. The lowest BCUT2D eigenvalue weighted by atomic mass is 9.68. The van der Waals surface area contributed by atoms with Gasteiger partial charge in [-0.05, 0) is 42.5 Å². The fraction of sp³-hybridized carbons (Fsp3) is 0.292. The highest BCUT2D eigenvalue weighted by molar-refractivity contribution is 7.10. The maximum atomic E-state index is 13.8. The largest absolute Gasteiger partial charge is 0.468 e. The molecule has 6 nitrogen and oxygen atoms in total. The molecular formula is C24H22FNO5S. The third kappa shape index (κ3) is 3.64. The summed E-state index contributed by atoms with van der Waals surface area (Å²) in [4.78, 5) is 40.2. The van der Waals surface area contributed by atoms with Gasteiger partial charge in [0.15, 0.2) is 5.78 Å². The number of rotatable bonds is 4. The third-order valence-corrected chi connectivity index (χ3v) is 7.00. The number of carbonyl (C=O) groups excluding carboxylic acids is 3. The highest BCUT2D eigenvalue weighted by Gasteiger charge is 2.49. The van der Waals surface area contributed by atoms with Crippen molar-refractivity contribution >= 4 is 29.1 Å². The predicted octanol–water partition coefficient (Wildman–Crippen LogP) is 3.82. The van der Waals surface area contributed by atoms with Crippen LogP contribution in [0.1, 0.15) is 35.6 Å². The van der Waals surface area contributed by atoms with Gasteiger partial charge in [-0.1, -0.05) is 18.2 Å². The Hall–Kier alpha value is -3.26. The minimum atomic E-state index is -1.04. The summed E-state index contributed by atoms with van der Waals surface area (Å²) in [5, 5.41) is 5.11. The Labute approximate surface area is 188 Å². The number of allylic oxidation sites excluding steroid dienone is 3. The van der Waals surface area contributed by atoms with Crippen molar-refractivity contribution in [3.05, 3.63) is 80.6 Å². The van der Waals surface area contributed by atoms with Crippen LogP contribution in [-0.2, 0) is 23.9 Å². The van der Waals surface area contributed by atoms with Crippen LogP contribution >= 0.6 is 11.3 Å². The number of thiophene rings is 1. The quantitative estimate of drug-likeness (QED) is 0.558. The molecule has 2 aliphatic rings.